The van der Waals surface area contributed by atoms with Gasteiger partial charge in [0.05, 0.1) is 0 Å². The van der Waals surface area contributed by atoms with Gasteiger partial charge in [-0.15, -0.1) is 11.6 Å². The minimum Gasteiger partial charge on any atom is -0.352 e. The molecule has 1 aromatic rings. The number of carbonyl (C=O) groups excluding carboxylic acids is 1. The summed E-state index contributed by atoms with van der Waals surface area (Å²) in [5.41, 5.74) is 0.457. The Balaban J connectivity index is 2.43. The van der Waals surface area contributed by atoms with E-state index < -0.39 is 0 Å². The van der Waals surface area contributed by atoms with Gasteiger partial charge in [0.1, 0.15) is 5.82 Å². The van der Waals surface area contributed by atoms with Crippen LogP contribution in [0.3, 0.4) is 0 Å². The molecule has 1 unspecified atom stereocenters. The molecule has 82 valence electrons. The fourth-order valence-electron chi connectivity index (χ4n) is 1.09. The number of rotatable bonds is 4. The highest BCUT2D eigenvalue weighted by Crippen LogP contribution is 2.03. The second-order valence-electron chi connectivity index (χ2n) is 3.33. The van der Waals surface area contributed by atoms with Gasteiger partial charge in [0.15, 0.2) is 0 Å². The van der Waals surface area contributed by atoms with Crippen LogP contribution in [0.1, 0.15) is 23.7 Å². The van der Waals surface area contributed by atoms with Crippen molar-refractivity contribution in [1.29, 1.82) is 0 Å². The zero-order chi connectivity index (χ0) is 11.3. The van der Waals surface area contributed by atoms with Crippen molar-refractivity contribution in [3.63, 3.8) is 0 Å². The summed E-state index contributed by atoms with van der Waals surface area (Å²) in [5, 5.41) is 2.74. The molecule has 1 aromatic carbocycles. The van der Waals surface area contributed by atoms with Crippen molar-refractivity contribution in [3.05, 3.63) is 35.6 Å². The SMILES string of the molecule is CC(Cl)CCNC(=O)c1ccc(F)cc1. The first-order valence-electron chi connectivity index (χ1n) is 4.77. The summed E-state index contributed by atoms with van der Waals surface area (Å²) in [5.74, 6) is -0.548. The third-order valence-corrected chi connectivity index (χ3v) is 2.15. The zero-order valence-electron chi connectivity index (χ0n) is 8.47. The van der Waals surface area contributed by atoms with E-state index in [1.165, 1.54) is 24.3 Å². The largest absolute Gasteiger partial charge is 0.352 e. The standard InChI is InChI=1S/C11H13ClFNO/c1-8(12)6-7-14-11(15)9-2-4-10(13)5-3-9/h2-5,8H,6-7H2,1H3,(H,14,15). The van der Waals surface area contributed by atoms with Gasteiger partial charge in [0, 0.05) is 17.5 Å². The van der Waals surface area contributed by atoms with Gasteiger partial charge in [-0.3, -0.25) is 4.79 Å². The molecule has 2 nitrogen and oxygen atoms in total. The van der Waals surface area contributed by atoms with E-state index in [1.807, 2.05) is 6.92 Å². The van der Waals surface area contributed by atoms with E-state index in [-0.39, 0.29) is 17.1 Å². The Morgan fingerprint density at radius 1 is 1.47 bits per heavy atom. The number of carbonyl (C=O) groups is 1. The molecular formula is C11H13ClFNO. The molecule has 15 heavy (non-hydrogen) atoms. The van der Waals surface area contributed by atoms with Gasteiger partial charge in [-0.05, 0) is 37.6 Å². The first kappa shape index (κ1) is 12.0. The molecule has 0 spiro atoms. The van der Waals surface area contributed by atoms with Crippen molar-refractivity contribution in [3.8, 4) is 0 Å². The number of amides is 1. The number of alkyl halides is 1. The average molecular weight is 230 g/mol. The summed E-state index contributed by atoms with van der Waals surface area (Å²) in [6.07, 6.45) is 0.717. The summed E-state index contributed by atoms with van der Waals surface area (Å²) >= 11 is 5.73. The molecule has 0 saturated heterocycles. The van der Waals surface area contributed by atoms with Crippen LogP contribution < -0.4 is 5.32 Å². The van der Waals surface area contributed by atoms with Crippen molar-refractivity contribution in [2.45, 2.75) is 18.7 Å². The van der Waals surface area contributed by atoms with E-state index in [0.29, 0.717) is 18.5 Å². The molecule has 0 aliphatic carbocycles. The predicted octanol–water partition coefficient (Wildman–Crippen LogP) is 2.57. The highest BCUT2D eigenvalue weighted by Gasteiger charge is 2.05. The van der Waals surface area contributed by atoms with E-state index in [2.05, 4.69) is 5.32 Å². The molecule has 1 amide bonds. The molecule has 0 radical (unpaired) electrons. The molecule has 0 fully saturated rings. The minimum absolute atomic E-state index is 0.0403. The molecule has 1 N–H and O–H groups in total. The van der Waals surface area contributed by atoms with E-state index in [9.17, 15) is 9.18 Å². The molecule has 0 heterocycles. The summed E-state index contributed by atoms with van der Waals surface area (Å²) in [6.45, 7) is 2.40. The van der Waals surface area contributed by atoms with Crippen LogP contribution in [-0.2, 0) is 0 Å². The number of nitrogens with one attached hydrogen (secondary N) is 1. The maximum Gasteiger partial charge on any atom is 0.251 e. The third kappa shape index (κ3) is 4.30. The molecule has 0 aromatic heterocycles. The van der Waals surface area contributed by atoms with E-state index in [0.717, 1.165) is 0 Å². The van der Waals surface area contributed by atoms with Crippen LogP contribution in [-0.4, -0.2) is 17.8 Å². The average Bonchev–Trinajstić information content (AvgIpc) is 2.18. The topological polar surface area (TPSA) is 29.1 Å². The van der Waals surface area contributed by atoms with Crippen LogP contribution in [0.25, 0.3) is 0 Å². The molecule has 1 rings (SSSR count). The van der Waals surface area contributed by atoms with Gasteiger partial charge < -0.3 is 5.32 Å². The third-order valence-electron chi connectivity index (χ3n) is 1.93. The lowest BCUT2D eigenvalue weighted by molar-refractivity contribution is 0.0953. The highest BCUT2D eigenvalue weighted by molar-refractivity contribution is 6.20. The highest BCUT2D eigenvalue weighted by atomic mass is 35.5. The summed E-state index contributed by atoms with van der Waals surface area (Å²) in [7, 11) is 0. The summed E-state index contributed by atoms with van der Waals surface area (Å²) in [4.78, 5) is 11.5. The molecule has 0 bridgehead atoms. The van der Waals surface area contributed by atoms with Gasteiger partial charge in [-0.2, -0.15) is 0 Å². The Labute approximate surface area is 93.4 Å². The zero-order valence-corrected chi connectivity index (χ0v) is 9.22. The first-order valence-corrected chi connectivity index (χ1v) is 5.21. The first-order chi connectivity index (χ1) is 7.09. The van der Waals surface area contributed by atoms with Crippen LogP contribution in [0.5, 0.6) is 0 Å². The Hall–Kier alpha value is -1.09. The van der Waals surface area contributed by atoms with Crippen molar-refractivity contribution < 1.29 is 9.18 Å². The van der Waals surface area contributed by atoms with Crippen molar-refractivity contribution in [2.24, 2.45) is 0 Å². The van der Waals surface area contributed by atoms with Gasteiger partial charge in [0.2, 0.25) is 0 Å². The minimum atomic E-state index is -0.346. The lowest BCUT2D eigenvalue weighted by Gasteiger charge is -2.05. The van der Waals surface area contributed by atoms with Crippen molar-refractivity contribution in [2.75, 3.05) is 6.54 Å². The van der Waals surface area contributed by atoms with Crippen LogP contribution in [0, 0.1) is 5.82 Å². The molecule has 0 saturated carbocycles. The molecular weight excluding hydrogens is 217 g/mol. The smallest absolute Gasteiger partial charge is 0.251 e. The van der Waals surface area contributed by atoms with Gasteiger partial charge in [0.25, 0.3) is 5.91 Å². The fourth-order valence-corrected chi connectivity index (χ4v) is 1.20. The normalized spacial score (nSPS) is 12.2. The van der Waals surface area contributed by atoms with E-state index in [1.54, 1.807) is 0 Å². The molecule has 0 aliphatic rings. The second kappa shape index (κ2) is 5.71. The van der Waals surface area contributed by atoms with E-state index in [4.69, 9.17) is 11.6 Å². The summed E-state index contributed by atoms with van der Waals surface area (Å²) in [6, 6.07) is 5.43. The monoisotopic (exact) mass is 229 g/mol. The number of hydrogen-bond acceptors (Lipinski definition) is 1. The summed E-state index contributed by atoms with van der Waals surface area (Å²) < 4.78 is 12.6. The van der Waals surface area contributed by atoms with Crippen LogP contribution in [0.15, 0.2) is 24.3 Å². The Morgan fingerprint density at radius 3 is 2.60 bits per heavy atom. The number of hydrogen-bond donors (Lipinski definition) is 1. The number of halogens is 2. The van der Waals surface area contributed by atoms with Crippen LogP contribution >= 0.6 is 11.6 Å². The lowest BCUT2D eigenvalue weighted by Crippen LogP contribution is -2.25. The van der Waals surface area contributed by atoms with Crippen LogP contribution in [0.2, 0.25) is 0 Å². The lowest BCUT2D eigenvalue weighted by atomic mass is 10.2. The predicted molar refractivity (Wildman–Crippen MR) is 58.7 cm³/mol. The quantitative estimate of drug-likeness (QED) is 0.790. The molecule has 1 atom stereocenters. The molecule has 0 aliphatic heterocycles. The Bertz CT molecular complexity index is 324. The molecule has 4 heteroatoms. The maximum absolute atomic E-state index is 12.6. The van der Waals surface area contributed by atoms with Gasteiger partial charge in [-0.25, -0.2) is 4.39 Å². The maximum atomic E-state index is 12.6. The second-order valence-corrected chi connectivity index (χ2v) is 4.08. The van der Waals surface area contributed by atoms with Crippen LogP contribution in [0.4, 0.5) is 4.39 Å². The van der Waals surface area contributed by atoms with Crippen molar-refractivity contribution in [1.82, 2.24) is 5.32 Å². The Kier molecular flexibility index (Phi) is 4.56. The fraction of sp³-hybridized carbons (Fsp3) is 0.364. The Morgan fingerprint density at radius 2 is 2.07 bits per heavy atom. The van der Waals surface area contributed by atoms with E-state index >= 15 is 0 Å². The van der Waals surface area contributed by atoms with Crippen molar-refractivity contribution >= 4 is 17.5 Å². The van der Waals surface area contributed by atoms with Gasteiger partial charge in [-0.1, -0.05) is 0 Å². The number of benzene rings is 1. The van der Waals surface area contributed by atoms with Gasteiger partial charge >= 0.3 is 0 Å².